The first-order chi connectivity index (χ1) is 9.13. The fraction of sp³-hybridized carbons (Fsp3) is 0.312. The van der Waals surface area contributed by atoms with Crippen LogP contribution in [0.4, 0.5) is 0 Å². The van der Waals surface area contributed by atoms with E-state index in [0.717, 1.165) is 18.4 Å². The average molecular weight is 260 g/mol. The van der Waals surface area contributed by atoms with E-state index in [2.05, 4.69) is 6.92 Å². The van der Waals surface area contributed by atoms with Gasteiger partial charge in [-0.3, -0.25) is 4.79 Å². The molecule has 0 amide bonds. The maximum Gasteiger partial charge on any atom is 0.160 e. The number of carbonyl (C=O) groups excluding carboxylic acids is 1. The van der Waals surface area contributed by atoms with Gasteiger partial charge in [0.25, 0.3) is 0 Å². The molecule has 102 valence electrons. The summed E-state index contributed by atoms with van der Waals surface area (Å²) in [6, 6.07) is 5.25. The van der Waals surface area contributed by atoms with Crippen molar-refractivity contribution in [1.29, 1.82) is 0 Å². The third kappa shape index (κ3) is 5.91. The van der Waals surface area contributed by atoms with Crippen molar-refractivity contribution in [2.75, 3.05) is 6.61 Å². The Kier molecular flexibility index (Phi) is 6.44. The largest absolute Gasteiger partial charge is 0.504 e. The lowest BCUT2D eigenvalue weighted by atomic mass is 10.2. The van der Waals surface area contributed by atoms with Crippen LogP contribution in [0.3, 0.4) is 0 Å². The molecule has 0 radical (unpaired) electrons. The second-order valence-corrected chi connectivity index (χ2v) is 4.26. The van der Waals surface area contributed by atoms with Crippen LogP contribution in [-0.2, 0) is 4.79 Å². The highest BCUT2D eigenvalue weighted by Gasteiger charge is 2.01. The van der Waals surface area contributed by atoms with Gasteiger partial charge in [-0.15, -0.1) is 0 Å². The van der Waals surface area contributed by atoms with E-state index in [0.29, 0.717) is 12.4 Å². The first-order valence-corrected chi connectivity index (χ1v) is 6.44. The zero-order valence-corrected chi connectivity index (χ0v) is 11.4. The molecule has 3 heteroatoms. The van der Waals surface area contributed by atoms with E-state index in [1.165, 1.54) is 13.0 Å². The Bertz CT molecular complexity index is 473. The van der Waals surface area contributed by atoms with Gasteiger partial charge in [-0.25, -0.2) is 0 Å². The van der Waals surface area contributed by atoms with Crippen LogP contribution >= 0.6 is 0 Å². The molecular weight excluding hydrogens is 240 g/mol. The van der Waals surface area contributed by atoms with Gasteiger partial charge in [0.15, 0.2) is 17.3 Å². The van der Waals surface area contributed by atoms with E-state index in [1.54, 1.807) is 24.3 Å². The molecule has 0 aliphatic heterocycles. The van der Waals surface area contributed by atoms with Crippen LogP contribution in [0.25, 0.3) is 6.08 Å². The monoisotopic (exact) mass is 260 g/mol. The summed E-state index contributed by atoms with van der Waals surface area (Å²) in [6.07, 6.45) is 8.76. The summed E-state index contributed by atoms with van der Waals surface area (Å²) < 4.78 is 5.46. The molecule has 0 aliphatic carbocycles. The predicted molar refractivity (Wildman–Crippen MR) is 77.4 cm³/mol. The number of ether oxygens (including phenoxy) is 1. The summed E-state index contributed by atoms with van der Waals surface area (Å²) >= 11 is 0. The summed E-state index contributed by atoms with van der Waals surface area (Å²) in [5.41, 5.74) is 0.855. The van der Waals surface area contributed by atoms with Gasteiger partial charge < -0.3 is 9.84 Å². The Labute approximate surface area is 114 Å². The number of aromatic hydroxyl groups is 1. The van der Waals surface area contributed by atoms with Crippen molar-refractivity contribution in [3.05, 3.63) is 42.0 Å². The van der Waals surface area contributed by atoms with Crippen LogP contribution in [0.2, 0.25) is 0 Å². The van der Waals surface area contributed by atoms with E-state index in [4.69, 9.17) is 4.74 Å². The second kappa shape index (κ2) is 8.14. The molecule has 0 heterocycles. The molecule has 0 bridgehead atoms. The van der Waals surface area contributed by atoms with Gasteiger partial charge in [0.1, 0.15) is 0 Å². The highest BCUT2D eigenvalue weighted by molar-refractivity contribution is 5.87. The molecular formula is C16H20O3. The van der Waals surface area contributed by atoms with E-state index >= 15 is 0 Å². The lowest BCUT2D eigenvalue weighted by molar-refractivity contribution is -0.112. The molecule has 0 aromatic heterocycles. The highest BCUT2D eigenvalue weighted by atomic mass is 16.5. The molecule has 0 saturated carbocycles. The van der Waals surface area contributed by atoms with E-state index < -0.39 is 0 Å². The number of ketones is 1. The van der Waals surface area contributed by atoms with Crippen LogP contribution in [0.1, 0.15) is 32.3 Å². The average Bonchev–Trinajstić information content (AvgIpc) is 2.37. The predicted octanol–water partition coefficient (Wildman–Crippen LogP) is 3.73. The lowest BCUT2D eigenvalue weighted by Crippen LogP contribution is -1.96. The number of hydrogen-bond donors (Lipinski definition) is 1. The first kappa shape index (κ1) is 15.0. The van der Waals surface area contributed by atoms with Crippen molar-refractivity contribution < 1.29 is 14.6 Å². The topological polar surface area (TPSA) is 46.5 Å². The zero-order valence-electron chi connectivity index (χ0n) is 11.4. The SMILES string of the molecule is CCCCOc1ccc(C=CC=CC(C)=O)cc1O. The van der Waals surface area contributed by atoms with Gasteiger partial charge in [-0.05, 0) is 37.1 Å². The molecule has 3 nitrogen and oxygen atoms in total. The quantitative estimate of drug-likeness (QED) is 0.461. The molecule has 0 aliphatic rings. The van der Waals surface area contributed by atoms with Gasteiger partial charge in [0, 0.05) is 0 Å². The van der Waals surface area contributed by atoms with Gasteiger partial charge in [0.2, 0.25) is 0 Å². The number of phenolic OH excluding ortho intramolecular Hbond substituents is 1. The molecule has 0 atom stereocenters. The first-order valence-electron chi connectivity index (χ1n) is 6.44. The second-order valence-electron chi connectivity index (χ2n) is 4.26. The standard InChI is InChI=1S/C16H20O3/c1-3-4-11-19-16-10-9-14(12-15(16)18)8-6-5-7-13(2)17/h5-10,12,18H,3-4,11H2,1-2H3. The van der Waals surface area contributed by atoms with Crippen molar-refractivity contribution in [1.82, 2.24) is 0 Å². The van der Waals surface area contributed by atoms with Crippen LogP contribution in [0.15, 0.2) is 36.4 Å². The fourth-order valence-electron chi connectivity index (χ4n) is 1.44. The van der Waals surface area contributed by atoms with Crippen LogP contribution in [-0.4, -0.2) is 17.5 Å². The molecule has 1 aromatic rings. The normalized spacial score (nSPS) is 11.3. The van der Waals surface area contributed by atoms with Crippen LogP contribution < -0.4 is 4.74 Å². The third-order valence-electron chi connectivity index (χ3n) is 2.47. The Morgan fingerprint density at radius 3 is 2.79 bits per heavy atom. The van der Waals surface area contributed by atoms with E-state index in [-0.39, 0.29) is 11.5 Å². The summed E-state index contributed by atoms with van der Waals surface area (Å²) in [6.45, 7) is 4.20. The molecule has 0 saturated heterocycles. The third-order valence-corrected chi connectivity index (χ3v) is 2.47. The minimum atomic E-state index is 0.00664. The minimum Gasteiger partial charge on any atom is -0.504 e. The highest BCUT2D eigenvalue weighted by Crippen LogP contribution is 2.27. The molecule has 0 fully saturated rings. The number of phenols is 1. The molecule has 1 rings (SSSR count). The van der Waals surface area contributed by atoms with Crippen molar-refractivity contribution >= 4 is 11.9 Å². The van der Waals surface area contributed by atoms with E-state index in [9.17, 15) is 9.90 Å². The van der Waals surface area contributed by atoms with Crippen molar-refractivity contribution in [2.45, 2.75) is 26.7 Å². The van der Waals surface area contributed by atoms with Gasteiger partial charge in [-0.1, -0.05) is 37.6 Å². The fourth-order valence-corrected chi connectivity index (χ4v) is 1.44. The summed E-state index contributed by atoms with van der Waals surface area (Å²) in [7, 11) is 0. The van der Waals surface area contributed by atoms with Gasteiger partial charge in [0.05, 0.1) is 6.61 Å². The van der Waals surface area contributed by atoms with Gasteiger partial charge in [-0.2, -0.15) is 0 Å². The Morgan fingerprint density at radius 1 is 1.37 bits per heavy atom. The number of allylic oxidation sites excluding steroid dienone is 3. The van der Waals surface area contributed by atoms with Crippen LogP contribution in [0.5, 0.6) is 11.5 Å². The smallest absolute Gasteiger partial charge is 0.160 e. The summed E-state index contributed by atoms with van der Waals surface area (Å²) in [5, 5.41) is 9.80. The van der Waals surface area contributed by atoms with Crippen molar-refractivity contribution in [3.63, 3.8) is 0 Å². The summed E-state index contributed by atoms with van der Waals surface area (Å²) in [4.78, 5) is 10.7. The molecule has 0 spiro atoms. The number of rotatable bonds is 7. The maximum atomic E-state index is 10.7. The van der Waals surface area contributed by atoms with Gasteiger partial charge >= 0.3 is 0 Å². The number of unbranched alkanes of at least 4 members (excludes halogenated alkanes) is 1. The molecule has 0 unspecified atom stereocenters. The number of benzene rings is 1. The maximum absolute atomic E-state index is 10.7. The number of carbonyl (C=O) groups is 1. The number of hydrogen-bond acceptors (Lipinski definition) is 3. The summed E-state index contributed by atoms with van der Waals surface area (Å²) in [5.74, 6) is 0.644. The van der Waals surface area contributed by atoms with Crippen LogP contribution in [0, 0.1) is 0 Å². The lowest BCUT2D eigenvalue weighted by Gasteiger charge is -2.07. The molecule has 1 N–H and O–H groups in total. The Balaban J connectivity index is 2.63. The Morgan fingerprint density at radius 2 is 2.16 bits per heavy atom. The van der Waals surface area contributed by atoms with Crippen molar-refractivity contribution in [3.8, 4) is 11.5 Å². The zero-order chi connectivity index (χ0) is 14.1. The molecule has 19 heavy (non-hydrogen) atoms. The van der Waals surface area contributed by atoms with E-state index in [1.807, 2.05) is 12.1 Å². The Hall–Kier alpha value is -2.03. The molecule has 1 aromatic carbocycles. The van der Waals surface area contributed by atoms with Crippen molar-refractivity contribution in [2.24, 2.45) is 0 Å². The minimum absolute atomic E-state index is 0.00664.